The van der Waals surface area contributed by atoms with Crippen molar-refractivity contribution >= 4 is 63.2 Å². The molecule has 0 radical (unpaired) electrons. The van der Waals surface area contributed by atoms with Gasteiger partial charge >= 0.3 is 5.97 Å². The first-order chi connectivity index (χ1) is 15.9. The van der Waals surface area contributed by atoms with Crippen molar-refractivity contribution in [3.05, 3.63) is 56.0 Å². The number of hydrogen-bond acceptors (Lipinski definition) is 7. The lowest BCUT2D eigenvalue weighted by Gasteiger charge is -2.13. The number of ether oxygens (including phenoxy) is 3. The summed E-state index contributed by atoms with van der Waals surface area (Å²) in [6, 6.07) is 10.6. The Bertz CT molecular complexity index is 1100. The lowest BCUT2D eigenvalue weighted by Crippen LogP contribution is -2.23. The van der Waals surface area contributed by atoms with Gasteiger partial charge in [-0.25, -0.2) is 9.79 Å². The molecule has 2 aromatic carbocycles. The molecule has 0 aromatic heterocycles. The zero-order valence-electron chi connectivity index (χ0n) is 18.9. The van der Waals surface area contributed by atoms with Crippen LogP contribution < -0.4 is 9.47 Å². The number of benzene rings is 2. The molecule has 2 aromatic rings. The Kier molecular flexibility index (Phi) is 8.79. The SMILES string of the molecule is CCOC(=O)c1ccc(N=C2S/C(=C\c3cc(I)c(OCC)c(OCC)c3)C(=O)N2C)cc1. The first kappa shape index (κ1) is 25.1. The minimum Gasteiger partial charge on any atom is -0.490 e. The third-order valence-electron chi connectivity index (χ3n) is 4.52. The topological polar surface area (TPSA) is 77.4 Å². The highest BCUT2D eigenvalue weighted by atomic mass is 127. The van der Waals surface area contributed by atoms with Gasteiger partial charge < -0.3 is 14.2 Å². The Morgan fingerprint density at radius 1 is 1.09 bits per heavy atom. The molecule has 0 bridgehead atoms. The number of halogens is 1. The third-order valence-corrected chi connectivity index (χ3v) is 6.39. The van der Waals surface area contributed by atoms with Crippen LogP contribution in [0.2, 0.25) is 0 Å². The summed E-state index contributed by atoms with van der Waals surface area (Å²) >= 11 is 3.50. The molecule has 0 atom stereocenters. The number of carbonyl (C=O) groups excluding carboxylic acids is 2. The maximum absolute atomic E-state index is 12.8. The fourth-order valence-corrected chi connectivity index (χ4v) is 4.79. The molecule has 33 heavy (non-hydrogen) atoms. The van der Waals surface area contributed by atoms with E-state index >= 15 is 0 Å². The molecular weight excluding hydrogens is 555 g/mol. The van der Waals surface area contributed by atoms with Gasteiger partial charge in [0.2, 0.25) is 0 Å². The van der Waals surface area contributed by atoms with Gasteiger partial charge in [0.15, 0.2) is 16.7 Å². The van der Waals surface area contributed by atoms with Crippen LogP contribution in [0.1, 0.15) is 36.7 Å². The number of nitrogens with zero attached hydrogens (tertiary/aromatic N) is 2. The summed E-state index contributed by atoms with van der Waals surface area (Å²) in [5, 5.41) is 0.556. The van der Waals surface area contributed by atoms with E-state index in [1.54, 1.807) is 38.2 Å². The summed E-state index contributed by atoms with van der Waals surface area (Å²) in [6.45, 7) is 6.98. The van der Waals surface area contributed by atoms with E-state index in [0.717, 1.165) is 9.13 Å². The molecule has 1 fully saturated rings. The Morgan fingerprint density at radius 3 is 2.42 bits per heavy atom. The van der Waals surface area contributed by atoms with Gasteiger partial charge in [-0.05, 0) is 103 Å². The second kappa shape index (κ2) is 11.6. The Balaban J connectivity index is 1.85. The van der Waals surface area contributed by atoms with Gasteiger partial charge in [0.05, 0.1) is 39.5 Å². The molecule has 174 valence electrons. The molecule has 1 heterocycles. The highest BCUT2D eigenvalue weighted by Gasteiger charge is 2.30. The molecule has 0 N–H and O–H groups in total. The van der Waals surface area contributed by atoms with E-state index in [2.05, 4.69) is 27.6 Å². The number of likely N-dealkylation sites (N-methyl/N-ethyl adjacent to an activating group) is 1. The molecule has 1 amide bonds. The predicted molar refractivity (Wildman–Crippen MR) is 139 cm³/mol. The van der Waals surface area contributed by atoms with Gasteiger partial charge in [-0.15, -0.1) is 0 Å². The van der Waals surface area contributed by atoms with Crippen LogP contribution in [0.5, 0.6) is 11.5 Å². The molecule has 3 rings (SSSR count). The Morgan fingerprint density at radius 2 is 1.79 bits per heavy atom. The Labute approximate surface area is 211 Å². The van der Waals surface area contributed by atoms with E-state index in [4.69, 9.17) is 14.2 Å². The minimum absolute atomic E-state index is 0.135. The largest absolute Gasteiger partial charge is 0.490 e. The van der Waals surface area contributed by atoms with Gasteiger partial charge in [0, 0.05) is 7.05 Å². The molecule has 9 heteroatoms. The van der Waals surface area contributed by atoms with Crippen molar-refractivity contribution in [2.24, 2.45) is 4.99 Å². The molecule has 1 aliphatic heterocycles. The second-order valence-electron chi connectivity index (χ2n) is 6.83. The van der Waals surface area contributed by atoms with Gasteiger partial charge in [-0.1, -0.05) is 0 Å². The molecule has 7 nitrogen and oxygen atoms in total. The van der Waals surface area contributed by atoms with Crippen LogP contribution in [-0.4, -0.2) is 48.8 Å². The van der Waals surface area contributed by atoms with Crippen molar-refractivity contribution in [3.8, 4) is 11.5 Å². The standard InChI is InChI=1S/C24H25IN2O5S/c1-5-30-19-13-15(12-18(25)21(19)31-6-2)14-20-22(28)27(4)24(33-20)26-17-10-8-16(9-11-17)23(29)32-7-3/h8-14H,5-7H2,1-4H3/b20-14-,26-24?. The average Bonchev–Trinajstić information content (AvgIpc) is 3.04. The highest BCUT2D eigenvalue weighted by Crippen LogP contribution is 2.37. The number of hydrogen-bond donors (Lipinski definition) is 0. The summed E-state index contributed by atoms with van der Waals surface area (Å²) in [5.41, 5.74) is 1.94. The van der Waals surface area contributed by atoms with Crippen molar-refractivity contribution in [2.75, 3.05) is 26.9 Å². The monoisotopic (exact) mass is 580 g/mol. The fourth-order valence-electron chi connectivity index (χ4n) is 3.02. The van der Waals surface area contributed by atoms with Gasteiger partial charge in [-0.2, -0.15) is 0 Å². The summed E-state index contributed by atoms with van der Waals surface area (Å²) < 4.78 is 17.4. The quantitative estimate of drug-likeness (QED) is 0.233. The van der Waals surface area contributed by atoms with Crippen molar-refractivity contribution < 1.29 is 23.8 Å². The summed E-state index contributed by atoms with van der Waals surface area (Å²) in [7, 11) is 1.69. The summed E-state index contributed by atoms with van der Waals surface area (Å²) in [4.78, 5) is 31.3. The van der Waals surface area contributed by atoms with Crippen LogP contribution >= 0.6 is 34.4 Å². The van der Waals surface area contributed by atoms with Crippen molar-refractivity contribution in [2.45, 2.75) is 20.8 Å². The number of esters is 1. The highest BCUT2D eigenvalue weighted by molar-refractivity contribution is 14.1. The first-order valence-corrected chi connectivity index (χ1v) is 12.4. The molecule has 0 spiro atoms. The number of amidine groups is 1. The molecule has 0 unspecified atom stereocenters. The number of aliphatic imine (C=N–C) groups is 1. The first-order valence-electron chi connectivity index (χ1n) is 10.5. The number of carbonyl (C=O) groups is 2. The zero-order valence-corrected chi connectivity index (χ0v) is 21.9. The second-order valence-corrected chi connectivity index (χ2v) is 9.00. The normalized spacial score (nSPS) is 15.9. The van der Waals surface area contributed by atoms with Crippen LogP contribution in [0.15, 0.2) is 46.3 Å². The lowest BCUT2D eigenvalue weighted by molar-refractivity contribution is -0.121. The van der Waals surface area contributed by atoms with Gasteiger partial charge in [0.25, 0.3) is 5.91 Å². The molecule has 1 saturated heterocycles. The van der Waals surface area contributed by atoms with Crippen LogP contribution in [0, 0.1) is 3.57 Å². The van der Waals surface area contributed by atoms with Crippen molar-refractivity contribution in [1.82, 2.24) is 4.90 Å². The number of amides is 1. The smallest absolute Gasteiger partial charge is 0.338 e. The fraction of sp³-hybridized carbons (Fsp3) is 0.292. The zero-order chi connectivity index (χ0) is 24.0. The van der Waals surface area contributed by atoms with Crippen LogP contribution in [0.4, 0.5) is 5.69 Å². The van der Waals surface area contributed by atoms with Crippen LogP contribution in [-0.2, 0) is 9.53 Å². The third kappa shape index (κ3) is 6.08. The molecule has 1 aliphatic rings. The number of thioether (sulfide) groups is 1. The molecular formula is C24H25IN2O5S. The maximum atomic E-state index is 12.8. The Hall–Kier alpha value is -2.53. The van der Waals surface area contributed by atoms with Crippen LogP contribution in [0.25, 0.3) is 6.08 Å². The van der Waals surface area contributed by atoms with Gasteiger partial charge in [-0.3, -0.25) is 9.69 Å². The van der Waals surface area contributed by atoms with E-state index < -0.39 is 0 Å². The average molecular weight is 580 g/mol. The molecule has 0 aliphatic carbocycles. The molecule has 0 saturated carbocycles. The van der Waals surface area contributed by atoms with E-state index in [-0.39, 0.29) is 11.9 Å². The van der Waals surface area contributed by atoms with Gasteiger partial charge in [0.1, 0.15) is 0 Å². The predicted octanol–water partition coefficient (Wildman–Crippen LogP) is 5.50. The van der Waals surface area contributed by atoms with E-state index in [9.17, 15) is 9.59 Å². The summed E-state index contributed by atoms with van der Waals surface area (Å²) in [6.07, 6.45) is 1.83. The maximum Gasteiger partial charge on any atom is 0.338 e. The van der Waals surface area contributed by atoms with E-state index in [1.165, 1.54) is 16.7 Å². The van der Waals surface area contributed by atoms with E-state index in [0.29, 0.717) is 52.6 Å². The van der Waals surface area contributed by atoms with Crippen molar-refractivity contribution in [3.63, 3.8) is 0 Å². The van der Waals surface area contributed by atoms with E-state index in [1.807, 2.05) is 32.1 Å². The minimum atomic E-state index is -0.374. The van der Waals surface area contributed by atoms with Crippen LogP contribution in [0.3, 0.4) is 0 Å². The van der Waals surface area contributed by atoms with Crippen molar-refractivity contribution in [1.29, 1.82) is 0 Å². The summed E-state index contributed by atoms with van der Waals surface area (Å²) in [5.74, 6) is 0.847. The number of rotatable bonds is 8. The lowest BCUT2D eigenvalue weighted by atomic mass is 10.2.